The first-order chi connectivity index (χ1) is 15.5. The Morgan fingerprint density at radius 3 is 2.39 bits per heavy atom. The van der Waals surface area contributed by atoms with Crippen LogP contribution in [0, 0.1) is 5.92 Å². The molecule has 3 aromatic rings. The minimum absolute atomic E-state index is 0.129. The van der Waals surface area contributed by atoms with Crippen LogP contribution in [0.15, 0.2) is 48.7 Å². The maximum Gasteiger partial charge on any atom is 0.417 e. The molecule has 2 aromatic carbocycles. The second kappa shape index (κ2) is 8.80. The second-order valence-corrected chi connectivity index (χ2v) is 11.3. The third kappa shape index (κ3) is 4.82. The highest BCUT2D eigenvalue weighted by Crippen LogP contribution is 2.39. The molecule has 1 N–H and O–H groups in total. The molecule has 0 unspecified atom stereocenters. The minimum atomic E-state index is -4.45. The van der Waals surface area contributed by atoms with Crippen molar-refractivity contribution in [2.75, 3.05) is 0 Å². The molecule has 0 saturated heterocycles. The van der Waals surface area contributed by atoms with Gasteiger partial charge in [-0.3, -0.25) is 0 Å². The number of hydrogen-bond acceptors (Lipinski definition) is 2. The van der Waals surface area contributed by atoms with Crippen molar-refractivity contribution in [3.8, 4) is 11.1 Å². The van der Waals surface area contributed by atoms with Crippen molar-refractivity contribution >= 4 is 20.9 Å². The Hall–Kier alpha value is -2.32. The van der Waals surface area contributed by atoms with Crippen LogP contribution in [0.3, 0.4) is 0 Å². The van der Waals surface area contributed by atoms with Gasteiger partial charge in [0.2, 0.25) is 10.0 Å². The summed E-state index contributed by atoms with van der Waals surface area (Å²) in [6.07, 6.45) is -0.239. The molecule has 1 fully saturated rings. The molecule has 1 heterocycles. The number of hydrogen-bond donors (Lipinski definition) is 1. The molecule has 1 atom stereocenters. The highest BCUT2D eigenvalue weighted by atomic mass is 32.2. The normalized spacial score (nSPS) is 16.3. The molecule has 4 rings (SSSR count). The SMILES string of the molecule is CC(C)Cn1cc([C@@H](C)NS(=O)(=O)C2CCC2)c2ccc(-c3ccccc3C(F)(F)F)cc21. The standard InChI is InChI=1S/C25H29F3N2O2S/c1-16(2)14-30-15-22(17(3)29-33(31,32)19-7-6-8-19)21-12-11-18(13-24(21)30)20-9-4-5-10-23(20)25(26,27)28/h4-5,9-13,15-17,19,29H,6-8,14H2,1-3H3/t17-/m1/s1. The topological polar surface area (TPSA) is 51.1 Å². The highest BCUT2D eigenvalue weighted by molar-refractivity contribution is 7.90. The molecule has 1 aliphatic rings. The monoisotopic (exact) mass is 478 g/mol. The van der Waals surface area contributed by atoms with Crippen molar-refractivity contribution < 1.29 is 21.6 Å². The van der Waals surface area contributed by atoms with Gasteiger partial charge in [-0.2, -0.15) is 13.2 Å². The lowest BCUT2D eigenvalue weighted by Crippen LogP contribution is -2.39. The van der Waals surface area contributed by atoms with E-state index in [4.69, 9.17) is 0 Å². The Morgan fingerprint density at radius 1 is 1.09 bits per heavy atom. The maximum absolute atomic E-state index is 13.6. The van der Waals surface area contributed by atoms with Crippen LogP contribution >= 0.6 is 0 Å². The zero-order valence-corrected chi connectivity index (χ0v) is 19.8. The summed E-state index contributed by atoms with van der Waals surface area (Å²) in [5.74, 6) is 0.307. The number of nitrogens with one attached hydrogen (secondary N) is 1. The van der Waals surface area contributed by atoms with E-state index in [0.29, 0.717) is 30.9 Å². The summed E-state index contributed by atoms with van der Waals surface area (Å²) in [5.41, 5.74) is 1.55. The van der Waals surface area contributed by atoms with E-state index in [0.717, 1.165) is 29.0 Å². The fourth-order valence-corrected chi connectivity index (χ4v) is 6.21. The maximum atomic E-state index is 13.6. The summed E-state index contributed by atoms with van der Waals surface area (Å²) < 4.78 is 70.9. The van der Waals surface area contributed by atoms with Crippen molar-refractivity contribution in [3.05, 3.63) is 59.8 Å². The number of alkyl halides is 3. The lowest BCUT2D eigenvalue weighted by molar-refractivity contribution is -0.137. The quantitative estimate of drug-likeness (QED) is 0.421. The van der Waals surface area contributed by atoms with Crippen LogP contribution in [0.1, 0.15) is 57.2 Å². The van der Waals surface area contributed by atoms with Gasteiger partial charge in [-0.25, -0.2) is 13.1 Å². The molecule has 1 aromatic heterocycles. The van der Waals surface area contributed by atoms with E-state index in [1.54, 1.807) is 24.3 Å². The smallest absolute Gasteiger partial charge is 0.347 e. The summed E-state index contributed by atoms with van der Waals surface area (Å²) in [6.45, 7) is 6.62. The predicted molar refractivity (Wildman–Crippen MR) is 125 cm³/mol. The molecule has 4 nitrogen and oxygen atoms in total. The third-order valence-corrected chi connectivity index (χ3v) is 8.35. The molecule has 8 heteroatoms. The third-order valence-electron chi connectivity index (χ3n) is 6.32. The van der Waals surface area contributed by atoms with Gasteiger partial charge < -0.3 is 4.57 Å². The number of aromatic nitrogens is 1. The average Bonchev–Trinajstić information content (AvgIpc) is 3.02. The van der Waals surface area contributed by atoms with E-state index in [-0.39, 0.29) is 10.8 Å². The summed E-state index contributed by atoms with van der Waals surface area (Å²) in [4.78, 5) is 0. The average molecular weight is 479 g/mol. The van der Waals surface area contributed by atoms with Gasteiger partial charge in [-0.1, -0.05) is 50.6 Å². The van der Waals surface area contributed by atoms with Crippen LogP contribution in [-0.4, -0.2) is 18.2 Å². The first-order valence-corrected chi connectivity index (χ1v) is 12.8. The fraction of sp³-hybridized carbons (Fsp3) is 0.440. The number of sulfonamides is 1. The zero-order valence-electron chi connectivity index (χ0n) is 19.0. The van der Waals surface area contributed by atoms with E-state index in [9.17, 15) is 21.6 Å². The highest BCUT2D eigenvalue weighted by Gasteiger charge is 2.34. The van der Waals surface area contributed by atoms with Gasteiger partial charge in [0, 0.05) is 29.7 Å². The second-order valence-electron chi connectivity index (χ2n) is 9.34. The van der Waals surface area contributed by atoms with E-state index < -0.39 is 27.8 Å². The van der Waals surface area contributed by atoms with E-state index >= 15 is 0 Å². The first-order valence-electron chi connectivity index (χ1n) is 11.3. The van der Waals surface area contributed by atoms with Crippen molar-refractivity contribution in [3.63, 3.8) is 0 Å². The van der Waals surface area contributed by atoms with Crippen LogP contribution in [0.4, 0.5) is 13.2 Å². The van der Waals surface area contributed by atoms with Gasteiger partial charge >= 0.3 is 6.18 Å². The Labute approximate surface area is 192 Å². The molecule has 178 valence electrons. The number of nitrogens with zero attached hydrogens (tertiary/aromatic N) is 1. The molecule has 0 spiro atoms. The zero-order chi connectivity index (χ0) is 24.0. The Balaban J connectivity index is 1.79. The van der Waals surface area contributed by atoms with Crippen molar-refractivity contribution in [2.45, 2.75) is 64.0 Å². The van der Waals surface area contributed by atoms with Gasteiger partial charge in [0.05, 0.1) is 10.8 Å². The largest absolute Gasteiger partial charge is 0.417 e. The molecule has 0 radical (unpaired) electrons. The molecule has 33 heavy (non-hydrogen) atoms. The summed E-state index contributed by atoms with van der Waals surface area (Å²) in [6, 6.07) is 10.4. The molecule has 1 aliphatic carbocycles. The molecule has 0 bridgehead atoms. The summed E-state index contributed by atoms with van der Waals surface area (Å²) in [5, 5.41) is 0.502. The van der Waals surface area contributed by atoms with Gasteiger partial charge in [-0.15, -0.1) is 0 Å². The Bertz CT molecular complexity index is 1260. The van der Waals surface area contributed by atoms with Crippen LogP contribution < -0.4 is 4.72 Å². The van der Waals surface area contributed by atoms with Crippen LogP contribution in [0.25, 0.3) is 22.0 Å². The van der Waals surface area contributed by atoms with E-state index in [1.165, 1.54) is 12.1 Å². The van der Waals surface area contributed by atoms with E-state index in [1.807, 2.05) is 17.7 Å². The van der Waals surface area contributed by atoms with Crippen LogP contribution in [0.5, 0.6) is 0 Å². The molecule has 0 aliphatic heterocycles. The predicted octanol–water partition coefficient (Wildman–Crippen LogP) is 6.52. The molecular formula is C25H29F3N2O2S. The summed E-state index contributed by atoms with van der Waals surface area (Å²) in [7, 11) is -3.41. The van der Waals surface area contributed by atoms with Gasteiger partial charge in [0.1, 0.15) is 0 Å². The van der Waals surface area contributed by atoms with Crippen molar-refractivity contribution in [1.29, 1.82) is 0 Å². The van der Waals surface area contributed by atoms with Crippen LogP contribution in [0.2, 0.25) is 0 Å². The number of benzene rings is 2. The van der Waals surface area contributed by atoms with Gasteiger partial charge in [-0.05, 0) is 54.5 Å². The summed E-state index contributed by atoms with van der Waals surface area (Å²) >= 11 is 0. The lowest BCUT2D eigenvalue weighted by atomic mass is 9.97. The van der Waals surface area contributed by atoms with Crippen molar-refractivity contribution in [2.24, 2.45) is 5.92 Å². The van der Waals surface area contributed by atoms with Gasteiger partial charge in [0.15, 0.2) is 0 Å². The number of rotatable bonds is 7. The molecule has 1 saturated carbocycles. The molecular weight excluding hydrogens is 449 g/mol. The number of fused-ring (bicyclic) bond motifs is 1. The van der Waals surface area contributed by atoms with E-state index in [2.05, 4.69) is 18.6 Å². The van der Waals surface area contributed by atoms with Crippen LogP contribution in [-0.2, 0) is 22.7 Å². The van der Waals surface area contributed by atoms with Gasteiger partial charge in [0.25, 0.3) is 0 Å². The number of halogens is 3. The van der Waals surface area contributed by atoms with Crippen molar-refractivity contribution in [1.82, 2.24) is 9.29 Å². The minimum Gasteiger partial charge on any atom is -0.347 e. The fourth-order valence-electron chi connectivity index (χ4n) is 4.45. The Kier molecular flexibility index (Phi) is 6.35. The lowest BCUT2D eigenvalue weighted by Gasteiger charge is -2.27. The first kappa shape index (κ1) is 23.8. The Morgan fingerprint density at radius 2 is 1.79 bits per heavy atom. The molecule has 0 amide bonds.